The lowest BCUT2D eigenvalue weighted by Gasteiger charge is -2.44. The second-order valence-electron chi connectivity index (χ2n) is 7.31. The van der Waals surface area contributed by atoms with Gasteiger partial charge in [0, 0.05) is 6.42 Å². The maximum absolute atomic E-state index is 10.7. The highest BCUT2D eigenvalue weighted by molar-refractivity contribution is 5.12. The number of rotatable bonds is 7. The zero-order chi connectivity index (χ0) is 20.9. The maximum atomic E-state index is 10.7. The van der Waals surface area contributed by atoms with Gasteiger partial charge in [-0.15, -0.1) is 0 Å². The lowest BCUT2D eigenvalue weighted by molar-refractivity contribution is -0.395. The van der Waals surface area contributed by atoms with Gasteiger partial charge in [0.05, 0.1) is 13.2 Å². The normalized spacial score (nSPS) is 47.9. The van der Waals surface area contributed by atoms with Crippen molar-refractivity contribution in [3.8, 4) is 0 Å². The monoisotopic (exact) mass is 410 g/mol. The second kappa shape index (κ2) is 7.83. The zero-order valence-corrected chi connectivity index (χ0v) is 15.1. The van der Waals surface area contributed by atoms with Gasteiger partial charge >= 0.3 is 0 Å². The third kappa shape index (κ3) is 3.39. The number of aliphatic hydroxyl groups is 7. The van der Waals surface area contributed by atoms with Gasteiger partial charge in [-0.25, -0.2) is 0 Å². The first kappa shape index (κ1) is 22.0. The Hall–Kier alpha value is -0.740. The third-order valence-corrected chi connectivity index (χ3v) is 5.09. The summed E-state index contributed by atoms with van der Waals surface area (Å²) in [5.74, 6) is -4.06. The minimum atomic E-state index is -2.29. The van der Waals surface area contributed by atoms with Gasteiger partial charge in [-0.2, -0.15) is 9.78 Å². The Kier molecular flexibility index (Phi) is 6.14. The number of aliphatic hydroxyl groups excluding tert-OH is 7. The van der Waals surface area contributed by atoms with Crippen LogP contribution >= 0.6 is 0 Å². The minimum absolute atomic E-state index is 0.0493. The first-order valence-corrected chi connectivity index (χ1v) is 8.77. The molecule has 0 amide bonds. The first-order valence-electron chi connectivity index (χ1n) is 8.77. The van der Waals surface area contributed by atoms with Crippen LogP contribution in [0.3, 0.4) is 0 Å². The molecule has 3 rings (SSSR count). The van der Waals surface area contributed by atoms with Crippen LogP contribution < -0.4 is 0 Å². The van der Waals surface area contributed by atoms with Gasteiger partial charge in [-0.3, -0.25) is 0 Å². The summed E-state index contributed by atoms with van der Waals surface area (Å²) in [7, 11) is 0. The van der Waals surface area contributed by atoms with Gasteiger partial charge in [-0.05, 0) is 6.92 Å². The van der Waals surface area contributed by atoms with E-state index in [1.807, 2.05) is 0 Å². The minimum Gasteiger partial charge on any atom is -0.394 e. The molecule has 0 unspecified atom stereocenters. The molecule has 0 aromatic rings. The van der Waals surface area contributed by atoms with Crippen molar-refractivity contribution in [3.63, 3.8) is 0 Å². The zero-order valence-electron chi connectivity index (χ0n) is 15.1. The molecule has 7 N–H and O–H groups in total. The summed E-state index contributed by atoms with van der Waals surface area (Å²) in [6.07, 6.45) is -12.9. The molecule has 3 heterocycles. The van der Waals surface area contributed by atoms with Crippen molar-refractivity contribution in [1.29, 1.82) is 0 Å². The van der Waals surface area contributed by atoms with E-state index in [0.29, 0.717) is 5.57 Å². The quantitative estimate of drug-likeness (QED) is 0.123. The average Bonchev–Trinajstić information content (AvgIpc) is 3.39. The van der Waals surface area contributed by atoms with Gasteiger partial charge in [0.2, 0.25) is 0 Å². The lowest BCUT2D eigenvalue weighted by Crippen LogP contribution is -2.65. The molecule has 12 heteroatoms. The molecule has 3 aliphatic rings. The number of hydrogen-bond donors (Lipinski definition) is 7. The molecule has 0 radical (unpaired) electrons. The summed E-state index contributed by atoms with van der Waals surface area (Å²) in [5.41, 5.74) is 0.534. The highest BCUT2D eigenvalue weighted by atomic mass is 17.4. The highest BCUT2D eigenvalue weighted by Crippen LogP contribution is 2.54. The Morgan fingerprint density at radius 3 is 2.00 bits per heavy atom. The lowest BCUT2D eigenvalue weighted by atomic mass is 9.92. The molecule has 0 aliphatic carbocycles. The molecular weight excluding hydrogens is 384 g/mol. The van der Waals surface area contributed by atoms with Crippen LogP contribution in [0.5, 0.6) is 0 Å². The fourth-order valence-electron chi connectivity index (χ4n) is 3.52. The topological polar surface area (TPSA) is 194 Å². The van der Waals surface area contributed by atoms with Crippen LogP contribution in [0, 0.1) is 0 Å². The molecule has 3 aliphatic heterocycles. The number of ether oxygens (including phenoxy) is 3. The van der Waals surface area contributed by atoms with Crippen LogP contribution in [0.4, 0.5) is 0 Å². The number of hydrogen-bond acceptors (Lipinski definition) is 12. The third-order valence-electron chi connectivity index (χ3n) is 5.09. The van der Waals surface area contributed by atoms with Crippen molar-refractivity contribution >= 4 is 0 Å². The van der Waals surface area contributed by atoms with Crippen LogP contribution in [-0.4, -0.2) is 110 Å². The summed E-state index contributed by atoms with van der Waals surface area (Å²) in [6, 6.07) is 0. The molecule has 162 valence electrons. The van der Waals surface area contributed by atoms with Crippen molar-refractivity contribution in [2.24, 2.45) is 0 Å². The van der Waals surface area contributed by atoms with Crippen molar-refractivity contribution in [3.05, 3.63) is 12.2 Å². The van der Waals surface area contributed by atoms with Gasteiger partial charge in [-0.1, -0.05) is 12.2 Å². The summed E-state index contributed by atoms with van der Waals surface area (Å²) >= 11 is 0. The molecule has 0 aromatic carbocycles. The molecule has 0 spiro atoms. The molecular formula is C16H26O12. The predicted octanol–water partition coefficient (Wildman–Crippen LogP) is -3.76. The van der Waals surface area contributed by atoms with E-state index >= 15 is 0 Å². The Morgan fingerprint density at radius 2 is 1.54 bits per heavy atom. The summed E-state index contributed by atoms with van der Waals surface area (Å²) in [4.78, 5) is 10.0. The van der Waals surface area contributed by atoms with Crippen molar-refractivity contribution < 1.29 is 59.7 Å². The summed E-state index contributed by atoms with van der Waals surface area (Å²) < 4.78 is 16.5. The summed E-state index contributed by atoms with van der Waals surface area (Å²) in [5, 5.41) is 69.8. The molecule has 3 saturated heterocycles. The van der Waals surface area contributed by atoms with E-state index in [4.69, 9.17) is 24.0 Å². The standard InChI is InChI=1S/C16H26O12/c1-6(2)3-15(27-28-15)16(13(23)10(20)8(5-18)25-16)26-14-12(22)11(21)9(19)7(4-17)24-14/h7-14,17-23H,1,3-5H2,2H3/t7-,8-,9-,10-,11+,12-,13+,14-,16-/m1/s1. The molecule has 0 saturated carbocycles. The van der Waals surface area contributed by atoms with Crippen LogP contribution in [0.1, 0.15) is 13.3 Å². The predicted molar refractivity (Wildman–Crippen MR) is 85.9 cm³/mol. The summed E-state index contributed by atoms with van der Waals surface area (Å²) in [6.45, 7) is 3.98. The van der Waals surface area contributed by atoms with E-state index in [1.165, 1.54) is 0 Å². The van der Waals surface area contributed by atoms with Crippen molar-refractivity contribution in [2.75, 3.05) is 13.2 Å². The molecule has 9 atom stereocenters. The first-order chi connectivity index (χ1) is 13.1. The Balaban J connectivity index is 1.94. The Bertz CT molecular complexity index is 580. The van der Waals surface area contributed by atoms with E-state index < -0.39 is 73.8 Å². The van der Waals surface area contributed by atoms with E-state index in [-0.39, 0.29) is 6.42 Å². The van der Waals surface area contributed by atoms with Crippen LogP contribution in [0.15, 0.2) is 12.2 Å². The van der Waals surface area contributed by atoms with Crippen molar-refractivity contribution in [2.45, 2.75) is 73.9 Å². The van der Waals surface area contributed by atoms with Crippen LogP contribution in [0.25, 0.3) is 0 Å². The molecule has 0 aromatic heterocycles. The molecule has 0 bridgehead atoms. The van der Waals surface area contributed by atoms with E-state index in [9.17, 15) is 35.7 Å². The fraction of sp³-hybridized carbons (Fsp3) is 0.875. The van der Waals surface area contributed by atoms with Crippen LogP contribution in [0.2, 0.25) is 0 Å². The second-order valence-corrected chi connectivity index (χ2v) is 7.31. The SMILES string of the molecule is C=C(C)CC1([C@@]2(O[C@H]3O[C@H](CO)[C@@H](O)[C@H](O)[C@H]3O)O[C@H](CO)[C@@H](O)[C@@H]2O)OO1. The van der Waals surface area contributed by atoms with Gasteiger partial charge in [0.25, 0.3) is 11.6 Å². The van der Waals surface area contributed by atoms with Crippen LogP contribution in [-0.2, 0) is 24.0 Å². The Morgan fingerprint density at radius 1 is 0.929 bits per heavy atom. The van der Waals surface area contributed by atoms with Crippen molar-refractivity contribution in [1.82, 2.24) is 0 Å². The molecule has 3 fully saturated rings. The highest BCUT2D eigenvalue weighted by Gasteiger charge is 2.77. The fourth-order valence-corrected chi connectivity index (χ4v) is 3.52. The molecule has 12 nitrogen and oxygen atoms in total. The maximum Gasteiger partial charge on any atom is 0.293 e. The Labute approximate surface area is 160 Å². The van der Waals surface area contributed by atoms with Gasteiger partial charge in [0.15, 0.2) is 6.29 Å². The average molecular weight is 410 g/mol. The largest absolute Gasteiger partial charge is 0.394 e. The van der Waals surface area contributed by atoms with E-state index in [1.54, 1.807) is 6.92 Å². The van der Waals surface area contributed by atoms with E-state index in [0.717, 1.165) is 0 Å². The molecule has 28 heavy (non-hydrogen) atoms. The van der Waals surface area contributed by atoms with E-state index in [2.05, 4.69) is 6.58 Å². The smallest absolute Gasteiger partial charge is 0.293 e. The van der Waals surface area contributed by atoms with Gasteiger partial charge in [0.1, 0.15) is 42.7 Å². The van der Waals surface area contributed by atoms with Gasteiger partial charge < -0.3 is 50.0 Å².